The molecular weight excluding hydrogens is 236 g/mol. The first-order valence-electron chi connectivity index (χ1n) is 5.11. The Balaban J connectivity index is 2.32. The Labute approximate surface area is 103 Å². The summed E-state index contributed by atoms with van der Waals surface area (Å²) in [6.45, 7) is 0. The molecule has 0 aliphatic heterocycles. The molecule has 92 valence electrons. The summed E-state index contributed by atoms with van der Waals surface area (Å²) in [5.41, 5.74) is -0.0896. The van der Waals surface area contributed by atoms with Crippen LogP contribution in [0.3, 0.4) is 0 Å². The van der Waals surface area contributed by atoms with Crippen molar-refractivity contribution in [1.82, 2.24) is 9.97 Å². The number of pyridine rings is 2. The second-order valence-corrected chi connectivity index (χ2v) is 3.35. The lowest BCUT2D eigenvalue weighted by molar-refractivity contribution is -0.384. The van der Waals surface area contributed by atoms with Gasteiger partial charge in [0.25, 0.3) is 5.69 Å². The Morgan fingerprint density at radius 1 is 1.44 bits per heavy atom. The van der Waals surface area contributed by atoms with Crippen LogP contribution >= 0.6 is 0 Å². The van der Waals surface area contributed by atoms with Crippen LogP contribution in [0.1, 0.15) is 0 Å². The molecule has 2 aromatic rings. The van der Waals surface area contributed by atoms with E-state index in [1.165, 1.54) is 18.3 Å². The van der Waals surface area contributed by atoms with Gasteiger partial charge < -0.3 is 10.1 Å². The Bertz CT molecular complexity index is 559. The van der Waals surface area contributed by atoms with Gasteiger partial charge in [0.15, 0.2) is 0 Å². The summed E-state index contributed by atoms with van der Waals surface area (Å²) < 4.78 is 5.39. The van der Waals surface area contributed by atoms with E-state index in [0.29, 0.717) is 11.6 Å². The predicted octanol–water partition coefficient (Wildman–Crippen LogP) is 2.22. The summed E-state index contributed by atoms with van der Waals surface area (Å²) in [6.07, 6.45) is 3.10. The fourth-order valence-corrected chi connectivity index (χ4v) is 1.31. The van der Waals surface area contributed by atoms with Gasteiger partial charge in [-0.2, -0.15) is 4.98 Å². The maximum absolute atomic E-state index is 10.8. The monoisotopic (exact) mass is 246 g/mol. The summed E-state index contributed by atoms with van der Waals surface area (Å²) in [7, 11) is 1.62. The second-order valence-electron chi connectivity index (χ2n) is 3.35. The molecule has 7 heteroatoms. The maximum Gasteiger partial charge on any atom is 0.278 e. The van der Waals surface area contributed by atoms with Crippen LogP contribution in [-0.2, 0) is 0 Å². The van der Waals surface area contributed by atoms with Crippen LogP contribution < -0.4 is 10.1 Å². The zero-order valence-corrected chi connectivity index (χ0v) is 9.53. The molecule has 2 aromatic heterocycles. The number of nitrogens with zero attached hydrogens (tertiary/aromatic N) is 3. The summed E-state index contributed by atoms with van der Waals surface area (Å²) >= 11 is 0. The normalized spacial score (nSPS) is 9.83. The van der Waals surface area contributed by atoms with E-state index in [1.807, 2.05) is 0 Å². The number of nitro groups is 1. The minimum Gasteiger partial charge on any atom is -0.437 e. The van der Waals surface area contributed by atoms with Gasteiger partial charge in [-0.05, 0) is 12.1 Å². The SMILES string of the molecule is CNc1cc([N+](=O)[O-])cc(Oc2cccnc2)n1. The minimum atomic E-state index is -0.501. The summed E-state index contributed by atoms with van der Waals surface area (Å²) in [4.78, 5) is 18.2. The smallest absolute Gasteiger partial charge is 0.278 e. The highest BCUT2D eigenvalue weighted by Gasteiger charge is 2.12. The molecule has 7 nitrogen and oxygen atoms in total. The van der Waals surface area contributed by atoms with Crippen LogP contribution in [0.2, 0.25) is 0 Å². The average Bonchev–Trinajstić information content (AvgIpc) is 2.39. The fraction of sp³-hybridized carbons (Fsp3) is 0.0909. The van der Waals surface area contributed by atoms with E-state index in [0.717, 1.165) is 0 Å². The van der Waals surface area contributed by atoms with Gasteiger partial charge in [0.1, 0.15) is 11.6 Å². The number of anilines is 1. The molecule has 0 fully saturated rings. The van der Waals surface area contributed by atoms with Crippen molar-refractivity contribution in [2.75, 3.05) is 12.4 Å². The molecule has 0 spiro atoms. The molecule has 0 saturated heterocycles. The molecule has 0 bridgehead atoms. The summed E-state index contributed by atoms with van der Waals surface area (Å²) in [6, 6.07) is 5.97. The lowest BCUT2D eigenvalue weighted by Gasteiger charge is -2.06. The molecule has 0 aliphatic carbocycles. The predicted molar refractivity (Wildman–Crippen MR) is 64.7 cm³/mol. The Morgan fingerprint density at radius 2 is 2.28 bits per heavy atom. The summed E-state index contributed by atoms with van der Waals surface area (Å²) in [5, 5.41) is 13.5. The van der Waals surface area contributed by atoms with E-state index in [1.54, 1.807) is 25.4 Å². The van der Waals surface area contributed by atoms with Crippen molar-refractivity contribution in [3.63, 3.8) is 0 Å². The standard InChI is InChI=1S/C11H10N4O3/c1-12-10-5-8(15(16)17)6-11(14-10)18-9-3-2-4-13-7-9/h2-7H,1H3,(H,12,14). The van der Waals surface area contributed by atoms with E-state index >= 15 is 0 Å². The van der Waals surface area contributed by atoms with Crippen LogP contribution in [0.4, 0.5) is 11.5 Å². The molecule has 18 heavy (non-hydrogen) atoms. The summed E-state index contributed by atoms with van der Waals surface area (Å²) in [5.74, 6) is 0.970. The van der Waals surface area contributed by atoms with Crippen molar-refractivity contribution >= 4 is 11.5 Å². The topological polar surface area (TPSA) is 90.2 Å². The molecule has 0 radical (unpaired) electrons. The van der Waals surface area contributed by atoms with E-state index in [-0.39, 0.29) is 11.6 Å². The largest absolute Gasteiger partial charge is 0.437 e. The van der Waals surface area contributed by atoms with Crippen molar-refractivity contribution in [2.45, 2.75) is 0 Å². The molecule has 0 saturated carbocycles. The van der Waals surface area contributed by atoms with Crippen molar-refractivity contribution < 1.29 is 9.66 Å². The van der Waals surface area contributed by atoms with Gasteiger partial charge in [-0.1, -0.05) is 0 Å². The van der Waals surface area contributed by atoms with Crippen LogP contribution in [0, 0.1) is 10.1 Å². The van der Waals surface area contributed by atoms with E-state index in [2.05, 4.69) is 15.3 Å². The number of hydrogen-bond donors (Lipinski definition) is 1. The lowest BCUT2D eigenvalue weighted by atomic mass is 10.4. The second kappa shape index (κ2) is 5.09. The molecule has 1 N–H and O–H groups in total. The zero-order valence-electron chi connectivity index (χ0n) is 9.53. The highest BCUT2D eigenvalue weighted by molar-refractivity contribution is 5.48. The molecule has 2 heterocycles. The minimum absolute atomic E-state index is 0.0896. The Kier molecular flexibility index (Phi) is 3.33. The van der Waals surface area contributed by atoms with Crippen molar-refractivity contribution in [3.8, 4) is 11.6 Å². The molecule has 0 atom stereocenters. The quantitative estimate of drug-likeness (QED) is 0.657. The number of aromatic nitrogens is 2. The van der Waals surface area contributed by atoms with Crippen LogP contribution in [0.5, 0.6) is 11.6 Å². The van der Waals surface area contributed by atoms with Crippen LogP contribution in [0.25, 0.3) is 0 Å². The highest BCUT2D eigenvalue weighted by atomic mass is 16.6. The number of ether oxygens (including phenoxy) is 1. The molecule has 0 aliphatic rings. The molecule has 0 unspecified atom stereocenters. The zero-order chi connectivity index (χ0) is 13.0. The lowest BCUT2D eigenvalue weighted by Crippen LogP contribution is -1.98. The van der Waals surface area contributed by atoms with Gasteiger partial charge in [-0.3, -0.25) is 15.1 Å². The number of hydrogen-bond acceptors (Lipinski definition) is 6. The van der Waals surface area contributed by atoms with Gasteiger partial charge in [0, 0.05) is 13.2 Å². The third-order valence-electron chi connectivity index (χ3n) is 2.11. The van der Waals surface area contributed by atoms with E-state index in [9.17, 15) is 10.1 Å². The maximum atomic E-state index is 10.8. The van der Waals surface area contributed by atoms with Gasteiger partial charge in [-0.25, -0.2) is 0 Å². The van der Waals surface area contributed by atoms with Crippen LogP contribution in [0.15, 0.2) is 36.7 Å². The van der Waals surface area contributed by atoms with Crippen molar-refractivity contribution in [2.24, 2.45) is 0 Å². The van der Waals surface area contributed by atoms with Crippen molar-refractivity contribution in [1.29, 1.82) is 0 Å². The number of rotatable bonds is 4. The van der Waals surface area contributed by atoms with Gasteiger partial charge in [-0.15, -0.1) is 0 Å². The molecular formula is C11H10N4O3. The van der Waals surface area contributed by atoms with Crippen molar-refractivity contribution in [3.05, 3.63) is 46.8 Å². The molecule has 0 aromatic carbocycles. The fourth-order valence-electron chi connectivity index (χ4n) is 1.31. The first-order chi connectivity index (χ1) is 8.69. The van der Waals surface area contributed by atoms with Gasteiger partial charge in [0.2, 0.25) is 5.88 Å². The first-order valence-corrected chi connectivity index (χ1v) is 5.11. The molecule has 0 amide bonds. The van der Waals surface area contributed by atoms with Gasteiger partial charge >= 0.3 is 0 Å². The highest BCUT2D eigenvalue weighted by Crippen LogP contribution is 2.25. The Morgan fingerprint density at radius 3 is 2.89 bits per heavy atom. The first kappa shape index (κ1) is 11.8. The third kappa shape index (κ3) is 2.70. The molecule has 2 rings (SSSR count). The number of nitrogens with one attached hydrogen (secondary N) is 1. The van der Waals surface area contributed by atoms with Gasteiger partial charge in [0.05, 0.1) is 23.3 Å². The average molecular weight is 246 g/mol. The van der Waals surface area contributed by atoms with E-state index < -0.39 is 4.92 Å². The third-order valence-corrected chi connectivity index (χ3v) is 2.11. The van der Waals surface area contributed by atoms with Crippen LogP contribution in [-0.4, -0.2) is 21.9 Å². The Hall–Kier alpha value is -2.70. The van der Waals surface area contributed by atoms with E-state index in [4.69, 9.17) is 4.74 Å².